The van der Waals surface area contributed by atoms with Crippen LogP contribution in [0.5, 0.6) is 0 Å². The molecule has 0 aliphatic rings. The van der Waals surface area contributed by atoms with Crippen LogP contribution in [0.4, 0.5) is 5.82 Å². The highest BCUT2D eigenvalue weighted by Gasteiger charge is 2.12. The number of furan rings is 1. The first-order valence-corrected chi connectivity index (χ1v) is 7.10. The van der Waals surface area contributed by atoms with Crippen LogP contribution < -0.4 is 5.73 Å². The topological polar surface area (TPSA) is 64.9 Å². The number of anilines is 1. The highest BCUT2D eigenvalue weighted by Crippen LogP contribution is 2.33. The van der Waals surface area contributed by atoms with Crippen molar-refractivity contribution in [3.05, 3.63) is 27.7 Å². The number of halogens is 1. The van der Waals surface area contributed by atoms with Gasteiger partial charge in [0.15, 0.2) is 11.6 Å². The molecule has 0 aromatic carbocycles. The smallest absolute Gasteiger partial charge is 0.199 e. The number of thiophene rings is 1. The molecule has 0 saturated carbocycles. The average molecular weight is 324 g/mol. The molecular weight excluding hydrogens is 314 g/mol. The van der Waals surface area contributed by atoms with Crippen LogP contribution in [0.1, 0.15) is 12.7 Å². The summed E-state index contributed by atoms with van der Waals surface area (Å²) in [4.78, 5) is 9.63. The summed E-state index contributed by atoms with van der Waals surface area (Å²) in [5.41, 5.74) is 5.94. The van der Waals surface area contributed by atoms with Gasteiger partial charge in [0.25, 0.3) is 0 Å². The molecule has 0 unspecified atom stereocenters. The van der Waals surface area contributed by atoms with E-state index < -0.39 is 0 Å². The first-order valence-electron chi connectivity index (χ1n) is 5.49. The predicted molar refractivity (Wildman–Crippen MR) is 76.6 cm³/mol. The Morgan fingerprint density at radius 3 is 2.94 bits per heavy atom. The van der Waals surface area contributed by atoms with E-state index in [4.69, 9.17) is 10.2 Å². The number of aryl methyl sites for hydroxylation is 1. The molecule has 3 aromatic heterocycles. The summed E-state index contributed by atoms with van der Waals surface area (Å²) in [5.74, 6) is 2.59. The largest absolute Gasteiger partial charge is 0.458 e. The van der Waals surface area contributed by atoms with E-state index in [9.17, 15) is 0 Å². The van der Waals surface area contributed by atoms with Gasteiger partial charge >= 0.3 is 0 Å². The normalized spacial score (nSPS) is 11.2. The van der Waals surface area contributed by atoms with Gasteiger partial charge in [0.2, 0.25) is 0 Å². The van der Waals surface area contributed by atoms with Crippen molar-refractivity contribution in [2.24, 2.45) is 0 Å². The van der Waals surface area contributed by atoms with Crippen LogP contribution in [0.15, 0.2) is 26.4 Å². The van der Waals surface area contributed by atoms with Crippen LogP contribution in [0.25, 0.3) is 21.8 Å². The third-order valence-corrected chi connectivity index (χ3v) is 4.15. The van der Waals surface area contributed by atoms with Gasteiger partial charge in [-0.05, 0) is 34.1 Å². The number of nitrogens with zero attached hydrogens (tertiary/aromatic N) is 2. The maximum absolute atomic E-state index is 5.94. The zero-order chi connectivity index (χ0) is 12.7. The molecule has 0 saturated heterocycles. The summed E-state index contributed by atoms with van der Waals surface area (Å²) < 4.78 is 6.63. The lowest BCUT2D eigenvalue weighted by Crippen LogP contribution is -1.95. The van der Waals surface area contributed by atoms with E-state index in [0.717, 1.165) is 26.2 Å². The average Bonchev–Trinajstić information content (AvgIpc) is 2.94. The molecule has 0 radical (unpaired) electrons. The molecule has 3 aromatic rings. The maximum Gasteiger partial charge on any atom is 0.199 e. The lowest BCUT2D eigenvalue weighted by Gasteiger charge is -1.99. The Morgan fingerprint density at radius 2 is 2.22 bits per heavy atom. The van der Waals surface area contributed by atoms with E-state index in [1.54, 1.807) is 0 Å². The second-order valence-electron chi connectivity index (χ2n) is 3.82. The summed E-state index contributed by atoms with van der Waals surface area (Å²) in [6, 6.07) is 5.74. The Kier molecular flexibility index (Phi) is 2.83. The van der Waals surface area contributed by atoms with Crippen molar-refractivity contribution in [3.8, 4) is 11.6 Å². The number of rotatable bonds is 2. The van der Waals surface area contributed by atoms with Crippen LogP contribution in [-0.2, 0) is 6.42 Å². The molecule has 0 aliphatic heterocycles. The quantitative estimate of drug-likeness (QED) is 0.777. The summed E-state index contributed by atoms with van der Waals surface area (Å²) >= 11 is 4.96. The van der Waals surface area contributed by atoms with Crippen LogP contribution in [-0.4, -0.2) is 9.97 Å². The molecule has 0 fully saturated rings. The van der Waals surface area contributed by atoms with Crippen LogP contribution >= 0.6 is 27.3 Å². The Bertz CT molecular complexity index is 719. The number of hydrogen-bond acceptors (Lipinski definition) is 5. The van der Waals surface area contributed by atoms with Crippen molar-refractivity contribution in [1.29, 1.82) is 0 Å². The molecule has 3 heterocycles. The first-order chi connectivity index (χ1) is 8.67. The van der Waals surface area contributed by atoms with Gasteiger partial charge in [-0.15, -0.1) is 11.3 Å². The van der Waals surface area contributed by atoms with Gasteiger partial charge in [0.05, 0.1) is 9.17 Å². The Labute approximate surface area is 116 Å². The predicted octanol–water partition coefficient (Wildman–Crippen LogP) is 3.86. The number of fused-ring (bicyclic) bond motifs is 1. The maximum atomic E-state index is 5.94. The second-order valence-corrected chi connectivity index (χ2v) is 6.23. The number of hydrogen-bond donors (Lipinski definition) is 1. The molecular formula is C12H10BrN3OS. The van der Waals surface area contributed by atoms with E-state index in [2.05, 4.69) is 25.9 Å². The monoisotopic (exact) mass is 323 g/mol. The van der Waals surface area contributed by atoms with E-state index in [0.29, 0.717) is 17.4 Å². The van der Waals surface area contributed by atoms with Gasteiger partial charge in [-0.2, -0.15) is 0 Å². The molecule has 4 nitrogen and oxygen atoms in total. The second kappa shape index (κ2) is 4.37. The Hall–Kier alpha value is -1.40. The Morgan fingerprint density at radius 1 is 1.39 bits per heavy atom. The van der Waals surface area contributed by atoms with Gasteiger partial charge < -0.3 is 10.2 Å². The standard InChI is InChI=1S/C12H10BrN3OS/c1-2-6-3-4-8(17-6)11-15-10(14)7-5-9(13)18-12(7)16-11/h3-5H,2H2,1H3,(H2,14,15,16). The van der Waals surface area contributed by atoms with Gasteiger partial charge in [-0.1, -0.05) is 6.92 Å². The lowest BCUT2D eigenvalue weighted by molar-refractivity contribution is 0.526. The molecule has 0 amide bonds. The van der Waals surface area contributed by atoms with E-state index in [1.807, 2.05) is 25.1 Å². The zero-order valence-corrected chi connectivity index (χ0v) is 12.0. The molecule has 92 valence electrons. The first kappa shape index (κ1) is 11.7. The van der Waals surface area contributed by atoms with Gasteiger partial charge in [0.1, 0.15) is 16.4 Å². The van der Waals surface area contributed by atoms with Gasteiger partial charge in [-0.3, -0.25) is 0 Å². The fourth-order valence-corrected chi connectivity index (χ4v) is 3.17. The number of aromatic nitrogens is 2. The number of nitrogens with two attached hydrogens (primary N) is 1. The van der Waals surface area contributed by atoms with E-state index >= 15 is 0 Å². The minimum absolute atomic E-state index is 0.478. The van der Waals surface area contributed by atoms with Crippen LogP contribution in [0.2, 0.25) is 0 Å². The third-order valence-electron chi connectivity index (χ3n) is 2.62. The molecule has 0 aliphatic carbocycles. The summed E-state index contributed by atoms with van der Waals surface area (Å²) in [7, 11) is 0. The Balaban J connectivity index is 2.17. The highest BCUT2D eigenvalue weighted by atomic mass is 79.9. The molecule has 0 spiro atoms. The SMILES string of the molecule is CCc1ccc(-c2nc(N)c3cc(Br)sc3n2)o1. The summed E-state index contributed by atoms with van der Waals surface area (Å²) in [6.45, 7) is 2.04. The van der Waals surface area contributed by atoms with Crippen molar-refractivity contribution >= 4 is 43.3 Å². The number of nitrogen functional groups attached to an aromatic ring is 1. The van der Waals surface area contributed by atoms with Crippen molar-refractivity contribution in [2.75, 3.05) is 5.73 Å². The van der Waals surface area contributed by atoms with E-state index in [1.165, 1.54) is 11.3 Å². The molecule has 2 N–H and O–H groups in total. The van der Waals surface area contributed by atoms with Crippen molar-refractivity contribution in [3.63, 3.8) is 0 Å². The lowest BCUT2D eigenvalue weighted by atomic mass is 10.3. The van der Waals surface area contributed by atoms with Gasteiger partial charge in [-0.25, -0.2) is 9.97 Å². The minimum atomic E-state index is 0.478. The van der Waals surface area contributed by atoms with Crippen molar-refractivity contribution < 1.29 is 4.42 Å². The summed E-state index contributed by atoms with van der Waals surface area (Å²) in [6.07, 6.45) is 0.849. The zero-order valence-electron chi connectivity index (χ0n) is 9.61. The molecule has 6 heteroatoms. The molecule has 0 bridgehead atoms. The van der Waals surface area contributed by atoms with Crippen molar-refractivity contribution in [2.45, 2.75) is 13.3 Å². The molecule has 0 atom stereocenters. The third kappa shape index (κ3) is 1.91. The van der Waals surface area contributed by atoms with Crippen molar-refractivity contribution in [1.82, 2.24) is 9.97 Å². The minimum Gasteiger partial charge on any atom is -0.458 e. The summed E-state index contributed by atoms with van der Waals surface area (Å²) in [5, 5.41) is 0.873. The molecule has 18 heavy (non-hydrogen) atoms. The fourth-order valence-electron chi connectivity index (χ4n) is 1.71. The molecule has 3 rings (SSSR count). The fraction of sp³-hybridized carbons (Fsp3) is 0.167. The van der Waals surface area contributed by atoms with E-state index in [-0.39, 0.29) is 0 Å². The van der Waals surface area contributed by atoms with Gasteiger partial charge in [0, 0.05) is 6.42 Å². The highest BCUT2D eigenvalue weighted by molar-refractivity contribution is 9.11. The van der Waals surface area contributed by atoms with Crippen LogP contribution in [0, 0.1) is 0 Å². The van der Waals surface area contributed by atoms with Crippen LogP contribution in [0.3, 0.4) is 0 Å².